The molecule has 0 saturated carbocycles. The number of carbonyl (C=O) groups is 1. The molecule has 106 valence electrons. The molecule has 6 heteroatoms. The number of rotatable bonds is 6. The highest BCUT2D eigenvalue weighted by atomic mass is 32.1. The van der Waals surface area contributed by atoms with Crippen LogP contribution in [0.1, 0.15) is 23.5 Å². The highest BCUT2D eigenvalue weighted by Gasteiger charge is 2.10. The molecule has 1 atom stereocenters. The lowest BCUT2D eigenvalue weighted by Crippen LogP contribution is -2.30. The Morgan fingerprint density at radius 3 is 2.95 bits per heavy atom. The largest absolute Gasteiger partial charge is 0.482 e. The van der Waals surface area contributed by atoms with Gasteiger partial charge in [0.1, 0.15) is 5.75 Å². The molecule has 0 saturated heterocycles. The number of thiophene rings is 1. The summed E-state index contributed by atoms with van der Waals surface area (Å²) in [6.07, 6.45) is 1.49. The first kappa shape index (κ1) is 14.5. The van der Waals surface area contributed by atoms with Gasteiger partial charge >= 0.3 is 0 Å². The van der Waals surface area contributed by atoms with E-state index in [-0.39, 0.29) is 25.2 Å². The second-order valence-electron chi connectivity index (χ2n) is 4.24. The van der Waals surface area contributed by atoms with Crippen LogP contribution in [0.5, 0.6) is 5.75 Å². The zero-order valence-electron chi connectivity index (χ0n) is 11.1. The van der Waals surface area contributed by atoms with Gasteiger partial charge in [-0.1, -0.05) is 6.07 Å². The number of aliphatic hydroxyl groups is 1. The summed E-state index contributed by atoms with van der Waals surface area (Å²) in [5.74, 6) is 0.318. The van der Waals surface area contributed by atoms with Crippen LogP contribution in [-0.4, -0.2) is 22.6 Å². The molecule has 0 aliphatic carbocycles. The standard InChI is InChI=1S/C14H16N2O3S/c1-10(13-3-2-6-20-13)16-14(18)9-19-12-5-4-11(8-17)15-7-12/h2-7,10,17H,8-9H2,1H3,(H,16,18)/t10-/m1/s1. The lowest BCUT2D eigenvalue weighted by atomic mass is 10.3. The number of pyridine rings is 1. The normalized spacial score (nSPS) is 11.9. The molecule has 20 heavy (non-hydrogen) atoms. The molecule has 5 nitrogen and oxygen atoms in total. The van der Waals surface area contributed by atoms with Gasteiger partial charge in [-0.3, -0.25) is 9.78 Å². The average Bonchev–Trinajstić information content (AvgIpc) is 3.00. The Kier molecular flexibility index (Phi) is 5.09. The smallest absolute Gasteiger partial charge is 0.258 e. The Bertz CT molecular complexity index is 540. The first-order chi connectivity index (χ1) is 9.69. The van der Waals surface area contributed by atoms with Gasteiger partial charge in [0.05, 0.1) is 24.5 Å². The van der Waals surface area contributed by atoms with Crippen molar-refractivity contribution in [2.75, 3.05) is 6.61 Å². The molecular weight excluding hydrogens is 276 g/mol. The van der Waals surface area contributed by atoms with E-state index in [1.807, 2.05) is 24.4 Å². The third kappa shape index (κ3) is 4.04. The van der Waals surface area contributed by atoms with E-state index in [9.17, 15) is 4.79 Å². The minimum atomic E-state index is -0.183. The van der Waals surface area contributed by atoms with Gasteiger partial charge in [-0.25, -0.2) is 0 Å². The second-order valence-corrected chi connectivity index (χ2v) is 5.22. The number of carbonyl (C=O) groups excluding carboxylic acids is 1. The van der Waals surface area contributed by atoms with Crippen LogP contribution in [0.3, 0.4) is 0 Å². The van der Waals surface area contributed by atoms with Crippen molar-refractivity contribution in [1.29, 1.82) is 0 Å². The molecule has 0 aliphatic heterocycles. The molecule has 2 aromatic rings. The maximum atomic E-state index is 11.8. The third-order valence-corrected chi connectivity index (χ3v) is 3.73. The van der Waals surface area contributed by atoms with Crippen molar-refractivity contribution in [2.45, 2.75) is 19.6 Å². The number of amides is 1. The number of ether oxygens (including phenoxy) is 1. The van der Waals surface area contributed by atoms with Crippen LogP contribution in [0.2, 0.25) is 0 Å². The molecule has 2 N–H and O–H groups in total. The minimum absolute atomic E-state index is 0.0269. The summed E-state index contributed by atoms with van der Waals surface area (Å²) in [6.45, 7) is 1.76. The first-order valence-electron chi connectivity index (χ1n) is 6.20. The summed E-state index contributed by atoms with van der Waals surface area (Å²) in [4.78, 5) is 16.8. The summed E-state index contributed by atoms with van der Waals surface area (Å²) in [6, 6.07) is 7.23. The molecule has 0 fully saturated rings. The van der Waals surface area contributed by atoms with Gasteiger partial charge in [0.25, 0.3) is 5.91 Å². The van der Waals surface area contributed by atoms with Crippen molar-refractivity contribution in [2.24, 2.45) is 0 Å². The fraction of sp³-hybridized carbons (Fsp3) is 0.286. The van der Waals surface area contributed by atoms with Crippen LogP contribution in [-0.2, 0) is 11.4 Å². The Morgan fingerprint density at radius 2 is 2.35 bits per heavy atom. The fourth-order valence-electron chi connectivity index (χ4n) is 1.63. The number of hydrogen-bond acceptors (Lipinski definition) is 5. The molecule has 1 amide bonds. The van der Waals surface area contributed by atoms with Gasteiger partial charge in [0.2, 0.25) is 0 Å². The SMILES string of the molecule is C[C@@H](NC(=O)COc1ccc(CO)nc1)c1cccs1. The number of hydrogen-bond donors (Lipinski definition) is 2. The molecule has 0 bridgehead atoms. The maximum Gasteiger partial charge on any atom is 0.258 e. The quantitative estimate of drug-likeness (QED) is 0.853. The molecule has 0 unspecified atom stereocenters. The van der Waals surface area contributed by atoms with Crippen molar-refractivity contribution in [3.63, 3.8) is 0 Å². The van der Waals surface area contributed by atoms with E-state index in [4.69, 9.17) is 9.84 Å². The fourth-order valence-corrected chi connectivity index (χ4v) is 2.37. The van der Waals surface area contributed by atoms with Crippen molar-refractivity contribution in [3.05, 3.63) is 46.4 Å². The van der Waals surface area contributed by atoms with Gasteiger partial charge in [0, 0.05) is 4.88 Å². The van der Waals surface area contributed by atoms with Crippen LogP contribution < -0.4 is 10.1 Å². The minimum Gasteiger partial charge on any atom is -0.482 e. The van der Waals surface area contributed by atoms with E-state index in [2.05, 4.69) is 10.3 Å². The van der Waals surface area contributed by atoms with Crippen LogP contribution >= 0.6 is 11.3 Å². The van der Waals surface area contributed by atoms with E-state index in [0.717, 1.165) is 4.88 Å². The third-order valence-electron chi connectivity index (χ3n) is 2.68. The number of nitrogens with zero attached hydrogens (tertiary/aromatic N) is 1. The lowest BCUT2D eigenvalue weighted by molar-refractivity contribution is -0.123. The summed E-state index contributed by atoms with van der Waals surface area (Å²) < 4.78 is 5.33. The van der Waals surface area contributed by atoms with Crippen LogP contribution in [0.4, 0.5) is 0 Å². The highest BCUT2D eigenvalue weighted by Crippen LogP contribution is 2.17. The molecule has 0 spiro atoms. The van der Waals surface area contributed by atoms with E-state index < -0.39 is 0 Å². The lowest BCUT2D eigenvalue weighted by Gasteiger charge is -2.12. The van der Waals surface area contributed by atoms with E-state index in [1.165, 1.54) is 6.20 Å². The Morgan fingerprint density at radius 1 is 1.50 bits per heavy atom. The van der Waals surface area contributed by atoms with Crippen molar-refractivity contribution >= 4 is 17.2 Å². The van der Waals surface area contributed by atoms with Crippen molar-refractivity contribution in [1.82, 2.24) is 10.3 Å². The Labute approximate surface area is 121 Å². The zero-order chi connectivity index (χ0) is 14.4. The molecule has 0 aromatic carbocycles. The van der Waals surface area contributed by atoms with Gasteiger partial charge in [-0.2, -0.15) is 0 Å². The monoisotopic (exact) mass is 292 g/mol. The molecule has 2 rings (SSSR count). The average molecular weight is 292 g/mol. The van der Waals surface area contributed by atoms with Gasteiger partial charge in [-0.05, 0) is 30.5 Å². The highest BCUT2D eigenvalue weighted by molar-refractivity contribution is 7.10. The Hall–Kier alpha value is -1.92. The van der Waals surface area contributed by atoms with Gasteiger partial charge in [-0.15, -0.1) is 11.3 Å². The summed E-state index contributed by atoms with van der Waals surface area (Å²) >= 11 is 1.60. The van der Waals surface area contributed by atoms with Gasteiger partial charge < -0.3 is 15.2 Å². The topological polar surface area (TPSA) is 71.5 Å². The maximum absolute atomic E-state index is 11.8. The van der Waals surface area contributed by atoms with Crippen LogP contribution in [0, 0.1) is 0 Å². The van der Waals surface area contributed by atoms with Crippen LogP contribution in [0.15, 0.2) is 35.8 Å². The molecule has 0 radical (unpaired) electrons. The summed E-state index contributed by atoms with van der Waals surface area (Å²) in [5, 5.41) is 13.7. The van der Waals surface area contributed by atoms with E-state index in [1.54, 1.807) is 23.5 Å². The molecular formula is C14H16N2O3S. The predicted octanol–water partition coefficient (Wildman–Crippen LogP) is 1.89. The van der Waals surface area contributed by atoms with Crippen molar-refractivity contribution < 1.29 is 14.6 Å². The van der Waals surface area contributed by atoms with E-state index >= 15 is 0 Å². The predicted molar refractivity (Wildman–Crippen MR) is 76.5 cm³/mol. The van der Waals surface area contributed by atoms with Crippen molar-refractivity contribution in [3.8, 4) is 5.75 Å². The number of nitrogens with one attached hydrogen (secondary N) is 1. The summed E-state index contributed by atoms with van der Waals surface area (Å²) in [5.41, 5.74) is 0.563. The zero-order valence-corrected chi connectivity index (χ0v) is 11.9. The second kappa shape index (κ2) is 7.02. The van der Waals surface area contributed by atoms with Crippen LogP contribution in [0.25, 0.3) is 0 Å². The van der Waals surface area contributed by atoms with E-state index in [0.29, 0.717) is 11.4 Å². The molecule has 2 heterocycles. The number of aromatic nitrogens is 1. The summed E-state index contributed by atoms with van der Waals surface area (Å²) in [7, 11) is 0. The van der Waals surface area contributed by atoms with Gasteiger partial charge in [0.15, 0.2) is 6.61 Å². The molecule has 2 aromatic heterocycles. The number of aliphatic hydroxyl groups excluding tert-OH is 1. The first-order valence-corrected chi connectivity index (χ1v) is 7.08. The molecule has 0 aliphatic rings. The Balaban J connectivity index is 1.79.